The fourth-order valence-corrected chi connectivity index (χ4v) is 4.53. The Kier molecular flexibility index (Phi) is 6.45. The summed E-state index contributed by atoms with van der Waals surface area (Å²) in [5.41, 5.74) is 2.32. The Labute approximate surface area is 213 Å². The van der Waals surface area contributed by atoms with Crippen LogP contribution in [0.5, 0.6) is 11.5 Å². The molecule has 0 saturated carbocycles. The first kappa shape index (κ1) is 24.5. The number of amides is 1. The zero-order valence-electron chi connectivity index (χ0n) is 20.5. The zero-order chi connectivity index (χ0) is 26.2. The molecule has 3 aromatic carbocycles. The van der Waals surface area contributed by atoms with Crippen molar-refractivity contribution in [3.05, 3.63) is 89.2 Å². The van der Waals surface area contributed by atoms with Crippen molar-refractivity contribution >= 4 is 28.3 Å². The number of ketones is 1. The molecule has 37 heavy (non-hydrogen) atoms. The molecule has 8 heteroatoms. The molecule has 0 bridgehead atoms. The molecule has 3 N–H and O–H groups in total. The molecule has 0 spiro atoms. The lowest BCUT2D eigenvalue weighted by molar-refractivity contribution is -0.118. The normalized spacial score (nSPS) is 14.5. The Morgan fingerprint density at radius 1 is 1.03 bits per heavy atom. The summed E-state index contributed by atoms with van der Waals surface area (Å²) in [5, 5.41) is 22.1. The predicted molar refractivity (Wildman–Crippen MR) is 137 cm³/mol. The standard InChI is InChI=1S/C29H27NO7/c1-29(2)23-12-19(35-15-18(32)14-31)8-10-21(23)27(34)26-22-11-9-20(13-24(22)37-28(26)29)36-16-25(33)30-17-6-4-3-5-7-17/h3-13,18,31-32H,14-16H2,1-2H3,(H,30,33). The Balaban J connectivity index is 1.39. The van der Waals surface area contributed by atoms with Crippen LogP contribution < -0.4 is 14.8 Å². The molecule has 4 aromatic rings. The Morgan fingerprint density at radius 2 is 1.76 bits per heavy atom. The molecule has 1 unspecified atom stereocenters. The second-order valence-corrected chi connectivity index (χ2v) is 9.48. The number of carbonyl (C=O) groups excluding carboxylic acids is 2. The minimum absolute atomic E-state index is 0.0638. The topological polar surface area (TPSA) is 118 Å². The molecule has 1 amide bonds. The van der Waals surface area contributed by atoms with Gasteiger partial charge in [0.05, 0.1) is 12.2 Å². The third kappa shape index (κ3) is 4.69. The van der Waals surface area contributed by atoms with E-state index in [1.165, 1.54) is 0 Å². The lowest BCUT2D eigenvalue weighted by Gasteiger charge is -2.31. The summed E-state index contributed by atoms with van der Waals surface area (Å²) < 4.78 is 17.5. The van der Waals surface area contributed by atoms with E-state index < -0.39 is 18.1 Å². The van der Waals surface area contributed by atoms with Gasteiger partial charge in [-0.15, -0.1) is 0 Å². The van der Waals surface area contributed by atoms with E-state index in [1.807, 2.05) is 32.0 Å². The molecule has 0 aliphatic heterocycles. The van der Waals surface area contributed by atoms with Crippen molar-refractivity contribution < 1.29 is 33.7 Å². The molecule has 1 aliphatic carbocycles. The van der Waals surface area contributed by atoms with E-state index in [9.17, 15) is 14.7 Å². The van der Waals surface area contributed by atoms with E-state index in [1.54, 1.807) is 48.5 Å². The van der Waals surface area contributed by atoms with Crippen LogP contribution in [0.1, 0.15) is 41.1 Å². The smallest absolute Gasteiger partial charge is 0.262 e. The molecule has 190 valence electrons. The number of para-hydroxylation sites is 1. The number of anilines is 1. The molecular weight excluding hydrogens is 474 g/mol. The van der Waals surface area contributed by atoms with Crippen molar-refractivity contribution in [2.75, 3.05) is 25.1 Å². The molecule has 0 saturated heterocycles. The minimum atomic E-state index is -0.992. The van der Waals surface area contributed by atoms with Gasteiger partial charge in [0, 0.05) is 28.1 Å². The first-order chi connectivity index (χ1) is 17.8. The van der Waals surface area contributed by atoms with Crippen LogP contribution in [0.25, 0.3) is 11.0 Å². The maximum absolute atomic E-state index is 13.5. The van der Waals surface area contributed by atoms with Gasteiger partial charge in [-0.05, 0) is 61.9 Å². The molecule has 0 radical (unpaired) electrons. The second kappa shape index (κ2) is 9.72. The van der Waals surface area contributed by atoms with Gasteiger partial charge < -0.3 is 29.4 Å². The van der Waals surface area contributed by atoms with Gasteiger partial charge in [-0.1, -0.05) is 18.2 Å². The van der Waals surface area contributed by atoms with Crippen molar-refractivity contribution in [1.29, 1.82) is 0 Å². The molecule has 5 rings (SSSR count). The number of benzene rings is 3. The monoisotopic (exact) mass is 501 g/mol. The fraction of sp³-hybridized carbons (Fsp3) is 0.241. The van der Waals surface area contributed by atoms with Crippen LogP contribution in [0.3, 0.4) is 0 Å². The molecule has 1 aliphatic rings. The molecule has 0 fully saturated rings. The van der Waals surface area contributed by atoms with Gasteiger partial charge in [0.25, 0.3) is 5.91 Å². The van der Waals surface area contributed by atoms with Crippen molar-refractivity contribution in [2.45, 2.75) is 25.4 Å². The van der Waals surface area contributed by atoms with Crippen molar-refractivity contribution in [2.24, 2.45) is 0 Å². The average Bonchev–Trinajstić information content (AvgIpc) is 3.30. The van der Waals surface area contributed by atoms with Crippen LogP contribution >= 0.6 is 0 Å². The fourth-order valence-electron chi connectivity index (χ4n) is 4.53. The summed E-state index contributed by atoms with van der Waals surface area (Å²) in [4.78, 5) is 25.8. The number of ether oxygens (including phenoxy) is 2. The van der Waals surface area contributed by atoms with Gasteiger partial charge in [-0.25, -0.2) is 0 Å². The number of hydrogen-bond acceptors (Lipinski definition) is 7. The Hall–Kier alpha value is -4.14. The number of hydrogen-bond donors (Lipinski definition) is 3. The van der Waals surface area contributed by atoms with Gasteiger partial charge in [0.15, 0.2) is 12.4 Å². The highest BCUT2D eigenvalue weighted by Gasteiger charge is 2.41. The van der Waals surface area contributed by atoms with Gasteiger partial charge >= 0.3 is 0 Å². The van der Waals surface area contributed by atoms with Crippen molar-refractivity contribution in [1.82, 2.24) is 0 Å². The SMILES string of the molecule is CC1(C)c2cc(OCC(O)CO)ccc2C(=O)c2c1oc1cc(OCC(=O)Nc3ccccc3)ccc21. The summed E-state index contributed by atoms with van der Waals surface area (Å²) in [7, 11) is 0. The predicted octanol–water partition coefficient (Wildman–Crippen LogP) is 4.05. The Bertz CT molecular complexity index is 1470. The Morgan fingerprint density at radius 3 is 2.51 bits per heavy atom. The molecule has 1 aromatic heterocycles. The number of carbonyl (C=O) groups is 2. The van der Waals surface area contributed by atoms with Gasteiger partial charge in [-0.3, -0.25) is 9.59 Å². The van der Waals surface area contributed by atoms with Crippen molar-refractivity contribution in [3.8, 4) is 11.5 Å². The summed E-state index contributed by atoms with van der Waals surface area (Å²) in [6.07, 6.45) is -0.992. The third-order valence-corrected chi connectivity index (χ3v) is 6.45. The zero-order valence-corrected chi connectivity index (χ0v) is 20.5. The lowest BCUT2D eigenvalue weighted by atomic mass is 9.71. The lowest BCUT2D eigenvalue weighted by Crippen LogP contribution is -2.29. The number of aliphatic hydroxyl groups excluding tert-OH is 2. The average molecular weight is 502 g/mol. The maximum atomic E-state index is 13.5. The largest absolute Gasteiger partial charge is 0.491 e. The van der Waals surface area contributed by atoms with E-state index in [0.717, 1.165) is 5.56 Å². The van der Waals surface area contributed by atoms with Crippen LogP contribution in [0.4, 0.5) is 5.69 Å². The number of furan rings is 1. The first-order valence-electron chi connectivity index (χ1n) is 11.9. The van der Waals surface area contributed by atoms with E-state index in [-0.39, 0.29) is 24.9 Å². The minimum Gasteiger partial charge on any atom is -0.491 e. The van der Waals surface area contributed by atoms with E-state index >= 15 is 0 Å². The van der Waals surface area contributed by atoms with Crippen LogP contribution in [-0.4, -0.2) is 47.8 Å². The van der Waals surface area contributed by atoms with Gasteiger partial charge in [-0.2, -0.15) is 0 Å². The third-order valence-electron chi connectivity index (χ3n) is 6.45. The van der Waals surface area contributed by atoms with Crippen LogP contribution in [0, 0.1) is 0 Å². The molecular formula is C29H27NO7. The number of fused-ring (bicyclic) bond motifs is 4. The highest BCUT2D eigenvalue weighted by atomic mass is 16.5. The quantitative estimate of drug-likeness (QED) is 0.333. The molecule has 1 atom stereocenters. The van der Waals surface area contributed by atoms with Gasteiger partial charge in [0.2, 0.25) is 0 Å². The van der Waals surface area contributed by atoms with Crippen LogP contribution in [0.2, 0.25) is 0 Å². The maximum Gasteiger partial charge on any atom is 0.262 e. The number of nitrogens with one attached hydrogen (secondary N) is 1. The summed E-state index contributed by atoms with van der Waals surface area (Å²) in [6, 6.07) is 19.5. The van der Waals surface area contributed by atoms with Crippen molar-refractivity contribution in [3.63, 3.8) is 0 Å². The highest BCUT2D eigenvalue weighted by molar-refractivity contribution is 6.19. The summed E-state index contributed by atoms with van der Waals surface area (Å²) in [5.74, 6) is 1.02. The van der Waals surface area contributed by atoms with E-state index in [4.69, 9.17) is 19.0 Å². The molecule has 1 heterocycles. The second-order valence-electron chi connectivity index (χ2n) is 9.48. The molecule has 8 nitrogen and oxygen atoms in total. The van der Waals surface area contributed by atoms with Crippen LogP contribution in [-0.2, 0) is 10.2 Å². The van der Waals surface area contributed by atoms with Crippen LogP contribution in [0.15, 0.2) is 71.1 Å². The first-order valence-corrected chi connectivity index (χ1v) is 11.9. The number of rotatable bonds is 8. The van der Waals surface area contributed by atoms with Gasteiger partial charge in [0.1, 0.15) is 35.6 Å². The highest BCUT2D eigenvalue weighted by Crippen LogP contribution is 2.46. The van der Waals surface area contributed by atoms with E-state index in [2.05, 4.69) is 5.32 Å². The number of aliphatic hydroxyl groups is 2. The summed E-state index contributed by atoms with van der Waals surface area (Å²) in [6.45, 7) is 3.30. The van der Waals surface area contributed by atoms with E-state index in [0.29, 0.717) is 45.0 Å². The summed E-state index contributed by atoms with van der Waals surface area (Å²) >= 11 is 0.